The zero-order chi connectivity index (χ0) is 8.10. The van der Waals surface area contributed by atoms with Crippen LogP contribution in [0, 0.1) is 0 Å². The zero-order valence-corrected chi connectivity index (χ0v) is 6.25. The second-order valence-electron chi connectivity index (χ2n) is 2.26. The van der Waals surface area contributed by atoms with Gasteiger partial charge in [0.05, 0.1) is 6.54 Å². The molecule has 0 bridgehead atoms. The third-order valence-electron chi connectivity index (χ3n) is 1.38. The van der Waals surface area contributed by atoms with E-state index in [0.717, 1.165) is 6.42 Å². The number of nitrogens with two attached hydrogens (primary N) is 1. The minimum absolute atomic E-state index is 0.0545. The SMILES string of the molecule is NCC(=O)OC1=CCC=CC1. The molecule has 0 aromatic carbocycles. The highest BCUT2D eigenvalue weighted by molar-refractivity contribution is 5.72. The average Bonchev–Trinajstić information content (AvgIpc) is 2.06. The highest BCUT2D eigenvalue weighted by Gasteiger charge is 2.04. The summed E-state index contributed by atoms with van der Waals surface area (Å²) in [6.07, 6.45) is 7.42. The summed E-state index contributed by atoms with van der Waals surface area (Å²) in [4.78, 5) is 10.7. The molecule has 0 aliphatic heterocycles. The highest BCUT2D eigenvalue weighted by atomic mass is 16.5. The Kier molecular flexibility index (Phi) is 2.86. The minimum atomic E-state index is -0.369. The van der Waals surface area contributed by atoms with Crippen LogP contribution >= 0.6 is 0 Å². The fourth-order valence-corrected chi connectivity index (χ4v) is 0.850. The molecular formula is C8H11NO2. The van der Waals surface area contributed by atoms with E-state index in [1.165, 1.54) is 0 Å². The number of hydrogen-bond acceptors (Lipinski definition) is 3. The summed E-state index contributed by atoms with van der Waals surface area (Å²) in [5, 5.41) is 0. The Bertz CT molecular complexity index is 206. The van der Waals surface area contributed by atoms with Gasteiger partial charge in [0.15, 0.2) is 0 Å². The third kappa shape index (κ3) is 2.55. The van der Waals surface area contributed by atoms with Gasteiger partial charge < -0.3 is 10.5 Å². The van der Waals surface area contributed by atoms with Gasteiger partial charge in [0, 0.05) is 6.42 Å². The van der Waals surface area contributed by atoms with Crippen LogP contribution in [0.15, 0.2) is 24.0 Å². The van der Waals surface area contributed by atoms with Crippen molar-refractivity contribution < 1.29 is 9.53 Å². The second-order valence-corrected chi connectivity index (χ2v) is 2.26. The van der Waals surface area contributed by atoms with Gasteiger partial charge in [-0.1, -0.05) is 12.2 Å². The Balaban J connectivity index is 2.37. The largest absolute Gasteiger partial charge is 0.430 e. The van der Waals surface area contributed by atoms with Gasteiger partial charge in [-0.2, -0.15) is 0 Å². The second kappa shape index (κ2) is 3.93. The van der Waals surface area contributed by atoms with Crippen molar-refractivity contribution in [3.63, 3.8) is 0 Å². The average molecular weight is 153 g/mol. The predicted molar refractivity (Wildman–Crippen MR) is 41.6 cm³/mol. The Hall–Kier alpha value is -1.09. The number of rotatable bonds is 2. The molecule has 0 radical (unpaired) electrons. The van der Waals surface area contributed by atoms with Crippen LogP contribution in [-0.2, 0) is 9.53 Å². The van der Waals surface area contributed by atoms with E-state index < -0.39 is 0 Å². The molecule has 0 aromatic rings. The Morgan fingerprint density at radius 2 is 2.45 bits per heavy atom. The van der Waals surface area contributed by atoms with Crippen LogP contribution < -0.4 is 5.73 Å². The summed E-state index contributed by atoms with van der Waals surface area (Å²) < 4.78 is 4.89. The van der Waals surface area contributed by atoms with E-state index in [1.807, 2.05) is 18.2 Å². The molecule has 0 heterocycles. The molecule has 0 atom stereocenters. The van der Waals surface area contributed by atoms with E-state index >= 15 is 0 Å². The normalized spacial score (nSPS) is 15.9. The van der Waals surface area contributed by atoms with Gasteiger partial charge in [0.1, 0.15) is 5.76 Å². The first-order valence-corrected chi connectivity index (χ1v) is 3.57. The van der Waals surface area contributed by atoms with Gasteiger partial charge in [-0.15, -0.1) is 0 Å². The number of carbonyl (C=O) groups is 1. The first kappa shape index (κ1) is 8.01. The van der Waals surface area contributed by atoms with Crippen LogP contribution in [-0.4, -0.2) is 12.5 Å². The van der Waals surface area contributed by atoms with Crippen molar-refractivity contribution in [3.05, 3.63) is 24.0 Å². The van der Waals surface area contributed by atoms with Crippen LogP contribution in [0.3, 0.4) is 0 Å². The Morgan fingerprint density at radius 1 is 1.64 bits per heavy atom. The lowest BCUT2D eigenvalue weighted by Crippen LogP contribution is -2.16. The number of hydrogen-bond donors (Lipinski definition) is 1. The number of carbonyl (C=O) groups excluding carboxylic acids is 1. The van der Waals surface area contributed by atoms with Gasteiger partial charge >= 0.3 is 5.97 Å². The van der Waals surface area contributed by atoms with Gasteiger partial charge in [0.25, 0.3) is 0 Å². The topological polar surface area (TPSA) is 52.3 Å². The van der Waals surface area contributed by atoms with Crippen LogP contribution in [0.2, 0.25) is 0 Å². The lowest BCUT2D eigenvalue weighted by molar-refractivity contribution is -0.137. The molecule has 0 fully saturated rings. The molecule has 3 nitrogen and oxygen atoms in total. The van der Waals surface area contributed by atoms with Gasteiger partial charge in [-0.25, -0.2) is 0 Å². The van der Waals surface area contributed by atoms with E-state index in [0.29, 0.717) is 12.2 Å². The Labute approximate surface area is 65.5 Å². The summed E-state index contributed by atoms with van der Waals surface area (Å²) in [7, 11) is 0. The predicted octanol–water partition coefficient (Wildman–Crippen LogP) is 0.722. The molecule has 0 amide bonds. The van der Waals surface area contributed by atoms with Crippen LogP contribution in [0.25, 0.3) is 0 Å². The van der Waals surface area contributed by atoms with E-state index in [1.54, 1.807) is 0 Å². The van der Waals surface area contributed by atoms with E-state index in [4.69, 9.17) is 10.5 Å². The van der Waals surface area contributed by atoms with Crippen molar-refractivity contribution >= 4 is 5.97 Å². The van der Waals surface area contributed by atoms with Crippen LogP contribution in [0.5, 0.6) is 0 Å². The van der Waals surface area contributed by atoms with Crippen molar-refractivity contribution in [2.45, 2.75) is 12.8 Å². The standard InChI is InChI=1S/C8H11NO2/c9-6-8(10)11-7-4-2-1-3-5-7/h1-2,5H,3-4,6,9H2. The van der Waals surface area contributed by atoms with E-state index in [2.05, 4.69) is 0 Å². The van der Waals surface area contributed by atoms with Gasteiger partial charge in [-0.05, 0) is 12.5 Å². The molecule has 3 heteroatoms. The quantitative estimate of drug-likeness (QED) is 0.470. The molecule has 2 N–H and O–H groups in total. The molecule has 0 saturated carbocycles. The summed E-state index contributed by atoms with van der Waals surface area (Å²) in [5.74, 6) is 0.342. The molecule has 1 aliphatic rings. The van der Waals surface area contributed by atoms with E-state index in [9.17, 15) is 4.79 Å². The molecule has 11 heavy (non-hydrogen) atoms. The maximum Gasteiger partial charge on any atom is 0.324 e. The molecule has 0 aromatic heterocycles. The lowest BCUT2D eigenvalue weighted by Gasteiger charge is -2.07. The highest BCUT2D eigenvalue weighted by Crippen LogP contribution is 2.11. The van der Waals surface area contributed by atoms with Crippen molar-refractivity contribution in [2.24, 2.45) is 5.73 Å². The van der Waals surface area contributed by atoms with Crippen molar-refractivity contribution in [3.8, 4) is 0 Å². The third-order valence-corrected chi connectivity index (χ3v) is 1.38. The maximum absolute atomic E-state index is 10.7. The van der Waals surface area contributed by atoms with Crippen LogP contribution in [0.4, 0.5) is 0 Å². The minimum Gasteiger partial charge on any atom is -0.430 e. The first-order valence-electron chi connectivity index (χ1n) is 3.57. The molecule has 1 aliphatic carbocycles. The van der Waals surface area contributed by atoms with Crippen molar-refractivity contribution in [1.29, 1.82) is 0 Å². The van der Waals surface area contributed by atoms with Gasteiger partial charge in [0.2, 0.25) is 0 Å². The Morgan fingerprint density at radius 3 is 3.00 bits per heavy atom. The fourth-order valence-electron chi connectivity index (χ4n) is 0.850. The van der Waals surface area contributed by atoms with Gasteiger partial charge in [-0.3, -0.25) is 4.79 Å². The summed E-state index contributed by atoms with van der Waals surface area (Å²) in [6.45, 7) is -0.0545. The molecule has 60 valence electrons. The molecule has 0 unspecified atom stereocenters. The first-order chi connectivity index (χ1) is 5.33. The summed E-state index contributed by atoms with van der Waals surface area (Å²) in [6, 6.07) is 0. The van der Waals surface area contributed by atoms with Crippen molar-refractivity contribution in [2.75, 3.05) is 6.54 Å². The summed E-state index contributed by atoms with van der Waals surface area (Å²) >= 11 is 0. The van der Waals surface area contributed by atoms with Crippen LogP contribution in [0.1, 0.15) is 12.8 Å². The number of esters is 1. The smallest absolute Gasteiger partial charge is 0.324 e. The molecule has 0 saturated heterocycles. The fraction of sp³-hybridized carbons (Fsp3) is 0.375. The zero-order valence-electron chi connectivity index (χ0n) is 6.25. The monoisotopic (exact) mass is 153 g/mol. The maximum atomic E-state index is 10.7. The number of allylic oxidation sites excluding steroid dienone is 3. The lowest BCUT2D eigenvalue weighted by atomic mass is 10.2. The molecule has 1 rings (SSSR count). The number of ether oxygens (including phenoxy) is 1. The summed E-state index contributed by atoms with van der Waals surface area (Å²) in [5.41, 5.74) is 5.07. The molecular weight excluding hydrogens is 142 g/mol. The van der Waals surface area contributed by atoms with E-state index in [-0.39, 0.29) is 12.5 Å². The van der Waals surface area contributed by atoms with Crippen molar-refractivity contribution in [1.82, 2.24) is 0 Å². The molecule has 0 spiro atoms.